The fourth-order valence-corrected chi connectivity index (χ4v) is 3.72. The predicted molar refractivity (Wildman–Crippen MR) is 94.9 cm³/mol. The van der Waals surface area contributed by atoms with Crippen LogP contribution in [0.15, 0.2) is 48.8 Å². The van der Waals surface area contributed by atoms with E-state index < -0.39 is 0 Å². The van der Waals surface area contributed by atoms with E-state index in [1.54, 1.807) is 10.9 Å². The molecule has 3 heterocycles. The first-order valence-electron chi connectivity index (χ1n) is 8.73. The molecule has 0 aliphatic carbocycles. The van der Waals surface area contributed by atoms with Gasteiger partial charge in [0.15, 0.2) is 0 Å². The lowest BCUT2D eigenvalue weighted by atomic mass is 9.93. The minimum Gasteiger partial charge on any atom is -0.390 e. The number of hydrogen-bond donors (Lipinski definition) is 2. The quantitative estimate of drug-likeness (QED) is 0.758. The molecule has 0 unspecified atom stereocenters. The van der Waals surface area contributed by atoms with E-state index >= 15 is 0 Å². The molecular weight excluding hydrogens is 300 g/mol. The molecule has 5 nitrogen and oxygen atoms in total. The first-order valence-corrected chi connectivity index (χ1v) is 8.73. The van der Waals surface area contributed by atoms with Gasteiger partial charge in [0.25, 0.3) is 0 Å². The molecule has 126 valence electrons. The monoisotopic (exact) mass is 324 g/mol. The Morgan fingerprint density at radius 1 is 1.17 bits per heavy atom. The lowest BCUT2D eigenvalue weighted by molar-refractivity contribution is 0.0821. The van der Waals surface area contributed by atoms with Crippen LogP contribution in [0.5, 0.6) is 0 Å². The van der Waals surface area contributed by atoms with E-state index in [1.165, 1.54) is 16.6 Å². The number of aromatic amines is 1. The zero-order chi connectivity index (χ0) is 16.4. The van der Waals surface area contributed by atoms with Crippen LogP contribution >= 0.6 is 0 Å². The van der Waals surface area contributed by atoms with E-state index in [0.29, 0.717) is 12.5 Å². The Balaban J connectivity index is 1.31. The van der Waals surface area contributed by atoms with Crippen molar-refractivity contribution >= 4 is 10.9 Å². The molecule has 5 heteroatoms. The third-order valence-corrected chi connectivity index (χ3v) is 5.00. The summed E-state index contributed by atoms with van der Waals surface area (Å²) in [6.07, 6.45) is 5.56. The van der Waals surface area contributed by atoms with Gasteiger partial charge in [0.1, 0.15) is 0 Å². The largest absolute Gasteiger partial charge is 0.390 e. The summed E-state index contributed by atoms with van der Waals surface area (Å²) in [6, 6.07) is 12.6. The van der Waals surface area contributed by atoms with Gasteiger partial charge in [-0.05, 0) is 49.5 Å². The second kappa shape index (κ2) is 6.79. The van der Waals surface area contributed by atoms with Gasteiger partial charge in [0.2, 0.25) is 0 Å². The number of aliphatic hydroxyl groups excluding tert-OH is 1. The second-order valence-corrected chi connectivity index (χ2v) is 6.77. The van der Waals surface area contributed by atoms with Gasteiger partial charge in [0.05, 0.1) is 12.6 Å². The van der Waals surface area contributed by atoms with Crippen molar-refractivity contribution in [2.45, 2.75) is 31.4 Å². The van der Waals surface area contributed by atoms with E-state index in [4.69, 9.17) is 0 Å². The number of β-amino-alcohol motifs (C(OH)–C–C–N with tert-alkyl or cyclic N) is 1. The number of rotatable bonds is 5. The number of piperidine rings is 1. The number of fused-ring (bicyclic) bond motifs is 1. The Morgan fingerprint density at radius 3 is 2.75 bits per heavy atom. The molecule has 0 amide bonds. The van der Waals surface area contributed by atoms with Crippen LogP contribution in [0.2, 0.25) is 0 Å². The maximum atomic E-state index is 10.2. The predicted octanol–water partition coefficient (Wildman–Crippen LogP) is 2.60. The number of H-pyrrole nitrogens is 1. The lowest BCUT2D eigenvalue weighted by Crippen LogP contribution is -2.39. The van der Waals surface area contributed by atoms with Crippen molar-refractivity contribution in [1.29, 1.82) is 0 Å². The standard InChI is InChI=1S/C19H24N4O/c24-17(14-23-9-3-8-20-23)13-22-10-6-15(7-11-22)19-12-16-4-1-2-5-18(16)21-19/h1-5,8-9,12,15,17,21,24H,6-7,10-11,13-14H2/t17-/m1/s1. The molecule has 0 radical (unpaired) electrons. The minimum atomic E-state index is -0.366. The zero-order valence-corrected chi connectivity index (χ0v) is 13.8. The molecule has 2 N–H and O–H groups in total. The summed E-state index contributed by atoms with van der Waals surface area (Å²) in [6.45, 7) is 3.36. The van der Waals surface area contributed by atoms with E-state index in [2.05, 4.69) is 45.3 Å². The number of nitrogens with zero attached hydrogens (tertiary/aromatic N) is 3. The number of aromatic nitrogens is 3. The maximum absolute atomic E-state index is 10.2. The minimum absolute atomic E-state index is 0.366. The first-order chi connectivity index (χ1) is 11.8. The SMILES string of the molecule is O[C@H](CN1CCC(c2cc3ccccc3[nH]2)CC1)Cn1cccn1. The highest BCUT2D eigenvalue weighted by molar-refractivity contribution is 5.80. The molecule has 1 atom stereocenters. The third kappa shape index (κ3) is 3.37. The Kier molecular flexibility index (Phi) is 4.36. The first kappa shape index (κ1) is 15.4. The molecule has 2 aromatic heterocycles. The Morgan fingerprint density at radius 2 is 2.00 bits per heavy atom. The van der Waals surface area contributed by atoms with E-state index in [0.717, 1.165) is 32.5 Å². The normalized spacial score (nSPS) is 18.2. The van der Waals surface area contributed by atoms with Crippen LogP contribution < -0.4 is 0 Å². The van der Waals surface area contributed by atoms with Crippen LogP contribution in [0, 0.1) is 0 Å². The highest BCUT2D eigenvalue weighted by Crippen LogP contribution is 2.29. The van der Waals surface area contributed by atoms with E-state index in [1.807, 2.05) is 12.3 Å². The summed E-state index contributed by atoms with van der Waals surface area (Å²) in [4.78, 5) is 5.94. The Labute approximate surface area is 141 Å². The summed E-state index contributed by atoms with van der Waals surface area (Å²) >= 11 is 0. The lowest BCUT2D eigenvalue weighted by Gasteiger charge is -2.32. The summed E-state index contributed by atoms with van der Waals surface area (Å²) in [5.74, 6) is 0.594. The second-order valence-electron chi connectivity index (χ2n) is 6.77. The molecule has 1 fully saturated rings. The van der Waals surface area contributed by atoms with Crippen molar-refractivity contribution < 1.29 is 5.11 Å². The Bertz CT molecular complexity index is 739. The van der Waals surface area contributed by atoms with Crippen LogP contribution in [0.1, 0.15) is 24.5 Å². The summed E-state index contributed by atoms with van der Waals surface area (Å²) in [5, 5.41) is 15.7. The van der Waals surface area contributed by atoms with Crippen LogP contribution in [0.25, 0.3) is 10.9 Å². The smallest absolute Gasteiger partial charge is 0.0862 e. The van der Waals surface area contributed by atoms with Crippen molar-refractivity contribution in [3.05, 3.63) is 54.5 Å². The number of nitrogens with one attached hydrogen (secondary N) is 1. The van der Waals surface area contributed by atoms with Crippen LogP contribution in [-0.4, -0.2) is 50.5 Å². The zero-order valence-electron chi connectivity index (χ0n) is 13.8. The van der Waals surface area contributed by atoms with E-state index in [-0.39, 0.29) is 6.10 Å². The van der Waals surface area contributed by atoms with Crippen molar-refractivity contribution in [3.63, 3.8) is 0 Å². The van der Waals surface area contributed by atoms with Gasteiger partial charge in [-0.1, -0.05) is 18.2 Å². The van der Waals surface area contributed by atoms with Gasteiger partial charge in [-0.2, -0.15) is 5.10 Å². The molecule has 1 aliphatic rings. The van der Waals surface area contributed by atoms with Gasteiger partial charge in [-0.3, -0.25) is 4.68 Å². The summed E-state index contributed by atoms with van der Waals surface area (Å²) < 4.78 is 1.79. The fraction of sp³-hybridized carbons (Fsp3) is 0.421. The molecule has 1 saturated heterocycles. The van der Waals surface area contributed by atoms with Gasteiger partial charge in [0, 0.05) is 36.1 Å². The molecule has 0 saturated carbocycles. The highest BCUT2D eigenvalue weighted by Gasteiger charge is 2.23. The van der Waals surface area contributed by atoms with Crippen molar-refractivity contribution in [3.8, 4) is 0 Å². The van der Waals surface area contributed by atoms with Gasteiger partial charge >= 0.3 is 0 Å². The molecule has 1 aromatic carbocycles. The average Bonchev–Trinajstić information content (AvgIpc) is 3.24. The van der Waals surface area contributed by atoms with Crippen molar-refractivity contribution in [2.75, 3.05) is 19.6 Å². The summed E-state index contributed by atoms with van der Waals surface area (Å²) in [5.41, 5.74) is 2.58. The molecule has 3 aromatic rings. The Hall–Kier alpha value is -2.11. The maximum Gasteiger partial charge on any atom is 0.0862 e. The molecular formula is C19H24N4O. The molecule has 24 heavy (non-hydrogen) atoms. The fourth-order valence-electron chi connectivity index (χ4n) is 3.72. The number of para-hydroxylation sites is 1. The molecule has 0 bridgehead atoms. The van der Waals surface area contributed by atoms with Crippen LogP contribution in [0.4, 0.5) is 0 Å². The third-order valence-electron chi connectivity index (χ3n) is 5.00. The average molecular weight is 324 g/mol. The molecule has 0 spiro atoms. The highest BCUT2D eigenvalue weighted by atomic mass is 16.3. The van der Waals surface area contributed by atoms with Crippen molar-refractivity contribution in [2.24, 2.45) is 0 Å². The van der Waals surface area contributed by atoms with Gasteiger partial charge < -0.3 is 15.0 Å². The van der Waals surface area contributed by atoms with Crippen molar-refractivity contribution in [1.82, 2.24) is 19.7 Å². The molecule has 1 aliphatic heterocycles. The molecule has 4 rings (SSSR count). The number of likely N-dealkylation sites (tertiary alicyclic amines) is 1. The number of aliphatic hydroxyl groups is 1. The van der Waals surface area contributed by atoms with Crippen LogP contribution in [0.3, 0.4) is 0 Å². The number of hydrogen-bond acceptors (Lipinski definition) is 3. The van der Waals surface area contributed by atoms with Crippen LogP contribution in [-0.2, 0) is 6.54 Å². The van der Waals surface area contributed by atoms with E-state index in [9.17, 15) is 5.11 Å². The number of benzene rings is 1. The summed E-state index contributed by atoms with van der Waals surface area (Å²) in [7, 11) is 0. The topological polar surface area (TPSA) is 57.1 Å². The van der Waals surface area contributed by atoms with Gasteiger partial charge in [-0.25, -0.2) is 0 Å². The van der Waals surface area contributed by atoms with Gasteiger partial charge in [-0.15, -0.1) is 0 Å².